The molecule has 3 aliphatic heterocycles. The third kappa shape index (κ3) is 14.9. The number of amides is 4. The molecule has 0 saturated carbocycles. The van der Waals surface area contributed by atoms with Crippen molar-refractivity contribution in [2.24, 2.45) is 5.41 Å². The minimum absolute atomic E-state index is 0.0129. The summed E-state index contributed by atoms with van der Waals surface area (Å²) >= 11 is 1.57. The van der Waals surface area contributed by atoms with Crippen molar-refractivity contribution < 1.29 is 42.9 Å². The van der Waals surface area contributed by atoms with E-state index in [1.54, 1.807) is 29.7 Å². The second-order valence-electron chi connectivity index (χ2n) is 21.5. The summed E-state index contributed by atoms with van der Waals surface area (Å²) in [6.45, 7) is 13.7. The highest BCUT2D eigenvalue weighted by Crippen LogP contribution is 2.36. The second kappa shape index (κ2) is 27.0. The van der Waals surface area contributed by atoms with Crippen LogP contribution in [0.3, 0.4) is 0 Å². The second-order valence-corrected chi connectivity index (χ2v) is 22.4. The number of nitrogens with one attached hydrogen (secondary N) is 3. The predicted molar refractivity (Wildman–Crippen MR) is 302 cm³/mol. The molecule has 4 N–H and O–H groups in total. The molecule has 0 unspecified atom stereocenters. The van der Waals surface area contributed by atoms with Gasteiger partial charge in [-0.05, 0) is 78.3 Å². The lowest BCUT2D eigenvalue weighted by Crippen LogP contribution is -2.57. The summed E-state index contributed by atoms with van der Waals surface area (Å²) < 4.78 is 32.9. The zero-order valence-electron chi connectivity index (χ0n) is 46.0. The quantitative estimate of drug-likeness (QED) is 0.0573. The zero-order chi connectivity index (χ0) is 56.2. The number of β-amino-alcohol motifs (C(OH)–C–C–N with tert-alkyl or cyclic N) is 1. The Kier molecular flexibility index (Phi) is 19.5. The lowest BCUT2D eigenvalue weighted by atomic mass is 9.85. The number of likely N-dealkylation sites (tertiary alicyclic amines) is 1. The van der Waals surface area contributed by atoms with E-state index in [1.807, 2.05) is 98.4 Å². The number of fused-ring (bicyclic) bond motifs is 1. The lowest BCUT2D eigenvalue weighted by Gasteiger charge is -2.35. The maximum absolute atomic E-state index is 14.1. The van der Waals surface area contributed by atoms with Crippen LogP contribution < -0.4 is 25.8 Å². The lowest BCUT2D eigenvalue weighted by molar-refractivity contribution is -0.144. The number of piperazine rings is 1. The number of carbonyl (C=O) groups is 4. The SMILES string of the molecule is Cc1ncsc1-c1ccc(CNC(=O)[C@@H]2C[C@@H](O)CN2C(=O)[C@@H](NC(=O)CCOCCOCCOCCNC(=O)CN2CCN(c3cccc(-c4cnc5ccc(N6CCC[C@@H]6c6cccc(F)c6)nn45)n3)CC2)C(C)(C)C)cc1. The van der Waals surface area contributed by atoms with Crippen LogP contribution in [-0.2, 0) is 39.9 Å². The van der Waals surface area contributed by atoms with Crippen LogP contribution in [0.1, 0.15) is 69.3 Å². The molecular weight excluding hydrogens is 1040 g/mol. The number of anilines is 2. The number of hydrogen-bond acceptors (Lipinski definition) is 16. The van der Waals surface area contributed by atoms with Crippen molar-refractivity contribution in [1.82, 2.24) is 50.3 Å². The van der Waals surface area contributed by atoms with Gasteiger partial charge in [0.25, 0.3) is 0 Å². The van der Waals surface area contributed by atoms with Gasteiger partial charge in [-0.2, -0.15) is 0 Å². The van der Waals surface area contributed by atoms with E-state index in [0.29, 0.717) is 64.8 Å². The van der Waals surface area contributed by atoms with E-state index >= 15 is 0 Å². The Morgan fingerprint density at radius 2 is 1.59 bits per heavy atom. The van der Waals surface area contributed by atoms with Gasteiger partial charge >= 0.3 is 0 Å². The number of thiazole rings is 1. The zero-order valence-corrected chi connectivity index (χ0v) is 46.8. The number of aliphatic hydroxyl groups excluding tert-OH is 1. The van der Waals surface area contributed by atoms with Gasteiger partial charge < -0.3 is 50.0 Å². The molecular formula is C58H73FN12O8S. The molecule has 80 heavy (non-hydrogen) atoms. The molecule has 4 atom stereocenters. The van der Waals surface area contributed by atoms with Gasteiger partial charge in [0, 0.05) is 65.2 Å². The van der Waals surface area contributed by atoms with Gasteiger partial charge in [0.2, 0.25) is 23.6 Å². The van der Waals surface area contributed by atoms with E-state index in [9.17, 15) is 28.7 Å². The maximum Gasteiger partial charge on any atom is 0.246 e. The maximum atomic E-state index is 14.1. The minimum Gasteiger partial charge on any atom is -0.391 e. The number of imidazole rings is 1. The van der Waals surface area contributed by atoms with Crippen LogP contribution in [0.2, 0.25) is 0 Å². The van der Waals surface area contributed by atoms with Gasteiger partial charge in [-0.1, -0.05) is 63.2 Å². The van der Waals surface area contributed by atoms with Crippen LogP contribution in [0, 0.1) is 18.2 Å². The van der Waals surface area contributed by atoms with Crippen molar-refractivity contribution in [1.29, 1.82) is 0 Å². The number of aryl methyl sites for hydroxylation is 1. The first kappa shape index (κ1) is 57.7. The Morgan fingerprint density at radius 3 is 2.33 bits per heavy atom. The molecule has 2 aromatic carbocycles. The van der Waals surface area contributed by atoms with Gasteiger partial charge in [0.15, 0.2) is 5.65 Å². The van der Waals surface area contributed by atoms with Crippen molar-refractivity contribution in [2.75, 3.05) is 102 Å². The Labute approximate surface area is 470 Å². The smallest absolute Gasteiger partial charge is 0.246 e. The van der Waals surface area contributed by atoms with Gasteiger partial charge in [-0.15, -0.1) is 16.4 Å². The molecule has 3 aliphatic rings. The minimum atomic E-state index is -0.941. The van der Waals surface area contributed by atoms with Crippen LogP contribution in [-0.4, -0.2) is 173 Å². The molecule has 7 heterocycles. The van der Waals surface area contributed by atoms with Crippen LogP contribution in [0.4, 0.5) is 16.0 Å². The number of nitrogens with zero attached hydrogens (tertiary/aromatic N) is 9. The van der Waals surface area contributed by atoms with E-state index in [0.717, 1.165) is 69.7 Å². The fourth-order valence-electron chi connectivity index (χ4n) is 10.4. The summed E-state index contributed by atoms with van der Waals surface area (Å²) in [6.07, 6.45) is 2.95. The van der Waals surface area contributed by atoms with Crippen molar-refractivity contribution in [3.05, 3.63) is 113 Å². The van der Waals surface area contributed by atoms with Gasteiger partial charge in [0.05, 0.1) is 86.3 Å². The highest BCUT2D eigenvalue weighted by molar-refractivity contribution is 7.13. The Bertz CT molecular complexity index is 3050. The molecule has 3 saturated heterocycles. The van der Waals surface area contributed by atoms with Gasteiger partial charge in [-0.25, -0.2) is 23.9 Å². The van der Waals surface area contributed by atoms with Crippen LogP contribution in [0.25, 0.3) is 27.5 Å². The first-order valence-electron chi connectivity index (χ1n) is 27.5. The average molecular weight is 1120 g/mol. The Balaban J connectivity index is 0.615. The molecule has 426 valence electrons. The van der Waals surface area contributed by atoms with Gasteiger partial charge in [0.1, 0.15) is 35.2 Å². The number of benzene rings is 2. The van der Waals surface area contributed by atoms with Crippen LogP contribution in [0.5, 0.6) is 0 Å². The molecule has 4 amide bonds. The molecule has 0 radical (unpaired) electrons. The standard InChI is InChI=1S/C58H73FN12O8S/c1-39-54(80-38-63-39)41-15-13-40(14-16-41)34-62-56(75)47-33-44(72)36-70(47)57(76)55(58(2,3)4)65-52(73)19-26-77-28-30-79-31-29-78-27-20-60-53(74)37-67-22-24-68(25-23-67)50-12-6-10-45(64-50)48-35-61-49-17-18-51(66-71(48)49)69-21-7-11-46(69)42-8-5-9-43(59)32-42/h5-6,8-10,12-18,32,35,38,44,46-47,55,72H,7,11,19-31,33-34,36-37H2,1-4H3,(H,60,74)(H,62,75)(H,65,73)/t44-,46-,47+,55-/m1/s1. The number of rotatable bonds is 24. The fourth-order valence-corrected chi connectivity index (χ4v) is 11.2. The number of ether oxygens (including phenoxy) is 3. The normalized spacial score (nSPS) is 18.2. The molecule has 0 bridgehead atoms. The highest BCUT2D eigenvalue weighted by atomic mass is 32.1. The van der Waals surface area contributed by atoms with E-state index in [4.69, 9.17) is 24.3 Å². The Hall–Kier alpha value is -6.95. The molecule has 9 rings (SSSR count). The van der Waals surface area contributed by atoms with Crippen LogP contribution >= 0.6 is 11.3 Å². The highest BCUT2D eigenvalue weighted by Gasteiger charge is 2.44. The van der Waals surface area contributed by atoms with E-state index in [-0.39, 0.29) is 75.3 Å². The molecule has 3 fully saturated rings. The fraction of sp³-hybridized carbons (Fsp3) is 0.483. The third-order valence-corrected chi connectivity index (χ3v) is 15.7. The van der Waals surface area contributed by atoms with Crippen molar-refractivity contribution >= 4 is 52.2 Å². The van der Waals surface area contributed by atoms with Crippen molar-refractivity contribution in [3.8, 4) is 21.8 Å². The monoisotopic (exact) mass is 1120 g/mol. The molecule has 6 aromatic rings. The molecule has 0 spiro atoms. The summed E-state index contributed by atoms with van der Waals surface area (Å²) in [7, 11) is 0. The number of aliphatic hydroxyl groups is 1. The molecule has 0 aliphatic carbocycles. The molecule has 20 nitrogen and oxygen atoms in total. The largest absolute Gasteiger partial charge is 0.391 e. The number of hydrogen-bond donors (Lipinski definition) is 4. The average Bonchev–Trinajstić information content (AvgIpc) is 4.33. The predicted octanol–water partition coefficient (Wildman–Crippen LogP) is 5.19. The topological polar surface area (TPSA) is 221 Å². The first-order valence-corrected chi connectivity index (χ1v) is 28.4. The summed E-state index contributed by atoms with van der Waals surface area (Å²) in [5.41, 5.74) is 7.21. The van der Waals surface area contributed by atoms with Crippen molar-refractivity contribution in [2.45, 2.75) is 84.2 Å². The van der Waals surface area contributed by atoms with Crippen molar-refractivity contribution in [3.63, 3.8) is 0 Å². The summed E-state index contributed by atoms with van der Waals surface area (Å²) in [5, 5.41) is 24.3. The number of carbonyl (C=O) groups excluding carboxylic acids is 4. The van der Waals surface area contributed by atoms with E-state index < -0.39 is 29.5 Å². The third-order valence-electron chi connectivity index (χ3n) is 14.7. The first-order chi connectivity index (χ1) is 38.7. The van der Waals surface area contributed by atoms with E-state index in [2.05, 4.69) is 40.6 Å². The summed E-state index contributed by atoms with van der Waals surface area (Å²) in [6, 6.07) is 22.8. The number of aromatic nitrogens is 5. The number of halogens is 1. The summed E-state index contributed by atoms with van der Waals surface area (Å²) in [4.78, 5) is 76.4. The van der Waals surface area contributed by atoms with Crippen LogP contribution in [0.15, 0.2) is 90.6 Å². The Morgan fingerprint density at radius 1 is 0.838 bits per heavy atom. The summed E-state index contributed by atoms with van der Waals surface area (Å²) in [5.74, 6) is 0.165. The number of pyridine rings is 1. The molecule has 4 aromatic heterocycles. The molecule has 22 heteroatoms. The van der Waals surface area contributed by atoms with E-state index in [1.165, 1.54) is 11.0 Å². The van der Waals surface area contributed by atoms with Gasteiger partial charge in [-0.3, -0.25) is 24.1 Å².